The van der Waals surface area contributed by atoms with Crippen LogP contribution < -0.4 is 0 Å². The van der Waals surface area contributed by atoms with Gasteiger partial charge in [0.2, 0.25) is 0 Å². The van der Waals surface area contributed by atoms with Gasteiger partial charge >= 0.3 is 0 Å². The van der Waals surface area contributed by atoms with Gasteiger partial charge in [-0.3, -0.25) is 14.4 Å². The van der Waals surface area contributed by atoms with Crippen molar-refractivity contribution in [3.8, 4) is 0 Å². The first-order valence-electron chi connectivity index (χ1n) is 8.88. The molecule has 2 amide bonds. The highest BCUT2D eigenvalue weighted by Crippen LogP contribution is 2.23. The quantitative estimate of drug-likeness (QED) is 0.504. The Labute approximate surface area is 156 Å². The molecule has 1 aliphatic rings. The summed E-state index contributed by atoms with van der Waals surface area (Å²) in [6, 6.07) is 0. The molecule has 0 saturated carbocycles. The molecule has 7 nitrogen and oxygen atoms in total. The SMILES string of the molecule is CN(C)C(=O)[C@@H]1OC(/C=C/CCCC(=O)C(C)(C)C)O[C@H]1C(=O)N(C)C. The minimum absolute atomic E-state index is 0.229. The molecule has 2 atom stereocenters. The average Bonchev–Trinajstić information content (AvgIpc) is 2.95. The normalized spacial score (nSPS) is 21.2. The zero-order valence-corrected chi connectivity index (χ0v) is 16.9. The Balaban J connectivity index is 2.61. The number of carbonyl (C=O) groups excluding carboxylic acids is 3. The highest BCUT2D eigenvalue weighted by molar-refractivity contribution is 5.91. The third kappa shape index (κ3) is 6.21. The molecule has 0 aromatic carbocycles. The van der Waals surface area contributed by atoms with Crippen LogP contribution >= 0.6 is 0 Å². The van der Waals surface area contributed by atoms with Crippen LogP contribution in [-0.2, 0) is 23.9 Å². The van der Waals surface area contributed by atoms with Gasteiger partial charge in [-0.25, -0.2) is 0 Å². The van der Waals surface area contributed by atoms with Gasteiger partial charge in [0.1, 0.15) is 5.78 Å². The molecule has 0 aromatic heterocycles. The minimum atomic E-state index is -0.961. The van der Waals surface area contributed by atoms with Crippen molar-refractivity contribution in [3.63, 3.8) is 0 Å². The second kappa shape index (κ2) is 9.28. The molecule has 1 heterocycles. The standard InChI is InChI=1S/C19H32N2O5/c1-19(2,3)13(22)11-9-8-10-12-14-25-15(17(23)20(4)5)16(26-14)18(24)21(6)7/h10,12,14-16H,8-9,11H2,1-7H3/b12-10+/t15-,16-/m1/s1. The largest absolute Gasteiger partial charge is 0.346 e. The van der Waals surface area contributed by atoms with Crippen molar-refractivity contribution >= 4 is 17.6 Å². The maximum absolute atomic E-state index is 12.3. The molecule has 1 rings (SSSR count). The summed E-state index contributed by atoms with van der Waals surface area (Å²) in [6.45, 7) is 5.74. The summed E-state index contributed by atoms with van der Waals surface area (Å²) in [6.07, 6.45) is 2.83. The lowest BCUT2D eigenvalue weighted by molar-refractivity contribution is -0.146. The van der Waals surface area contributed by atoms with Gasteiger partial charge in [-0.15, -0.1) is 0 Å². The van der Waals surface area contributed by atoms with Crippen molar-refractivity contribution < 1.29 is 23.9 Å². The van der Waals surface area contributed by atoms with Crippen LogP contribution in [0.3, 0.4) is 0 Å². The van der Waals surface area contributed by atoms with Crippen LogP contribution in [0.2, 0.25) is 0 Å². The monoisotopic (exact) mass is 368 g/mol. The fraction of sp³-hybridized carbons (Fsp3) is 0.737. The number of hydrogen-bond donors (Lipinski definition) is 0. The lowest BCUT2D eigenvalue weighted by Crippen LogP contribution is -2.47. The van der Waals surface area contributed by atoms with Crippen LogP contribution in [-0.4, -0.2) is 74.1 Å². The van der Waals surface area contributed by atoms with E-state index >= 15 is 0 Å². The Kier molecular flexibility index (Phi) is 7.96. The van der Waals surface area contributed by atoms with Gasteiger partial charge in [0.15, 0.2) is 18.5 Å². The summed E-state index contributed by atoms with van der Waals surface area (Å²) in [7, 11) is 6.44. The van der Waals surface area contributed by atoms with E-state index in [-0.39, 0.29) is 23.0 Å². The molecule has 1 aliphatic heterocycles. The second-order valence-corrected chi connectivity index (χ2v) is 7.94. The Morgan fingerprint density at radius 2 is 1.38 bits per heavy atom. The third-order valence-corrected chi connectivity index (χ3v) is 4.11. The number of unbranched alkanes of at least 4 members (excludes halogenated alkanes) is 1. The summed E-state index contributed by atoms with van der Waals surface area (Å²) in [5.41, 5.74) is -0.319. The van der Waals surface area contributed by atoms with E-state index in [4.69, 9.17) is 9.47 Å². The number of rotatable bonds is 7. The van der Waals surface area contributed by atoms with Gasteiger partial charge in [0, 0.05) is 40.0 Å². The van der Waals surface area contributed by atoms with Gasteiger partial charge < -0.3 is 19.3 Å². The summed E-state index contributed by atoms with van der Waals surface area (Å²) < 4.78 is 11.3. The highest BCUT2D eigenvalue weighted by atomic mass is 16.7. The van der Waals surface area contributed by atoms with E-state index in [9.17, 15) is 14.4 Å². The fourth-order valence-corrected chi connectivity index (χ4v) is 2.40. The summed E-state index contributed by atoms with van der Waals surface area (Å²) >= 11 is 0. The third-order valence-electron chi connectivity index (χ3n) is 4.11. The topological polar surface area (TPSA) is 76.1 Å². The van der Waals surface area contributed by atoms with Gasteiger partial charge in [0.25, 0.3) is 11.8 Å². The Bertz CT molecular complexity index is 521. The van der Waals surface area contributed by atoms with Crippen LogP contribution in [0.4, 0.5) is 0 Å². The molecule has 0 unspecified atom stereocenters. The molecule has 0 aromatic rings. The van der Waals surface area contributed by atoms with E-state index < -0.39 is 18.5 Å². The van der Waals surface area contributed by atoms with Crippen molar-refractivity contribution in [2.75, 3.05) is 28.2 Å². The average molecular weight is 368 g/mol. The maximum atomic E-state index is 12.3. The first-order valence-corrected chi connectivity index (χ1v) is 8.88. The van der Waals surface area contributed by atoms with Crippen molar-refractivity contribution in [1.82, 2.24) is 9.80 Å². The molecular formula is C19H32N2O5. The molecule has 148 valence electrons. The van der Waals surface area contributed by atoms with Crippen molar-refractivity contribution in [1.29, 1.82) is 0 Å². The molecule has 0 radical (unpaired) electrons. The number of allylic oxidation sites excluding steroid dienone is 1. The van der Waals surface area contributed by atoms with E-state index in [1.807, 2.05) is 26.8 Å². The number of ketones is 1. The lowest BCUT2D eigenvalue weighted by atomic mass is 9.88. The summed E-state index contributed by atoms with van der Waals surface area (Å²) in [5.74, 6) is -0.388. The first-order chi connectivity index (χ1) is 11.9. The number of ether oxygens (including phenoxy) is 2. The van der Waals surface area contributed by atoms with Crippen LogP contribution in [0.25, 0.3) is 0 Å². The zero-order valence-electron chi connectivity index (χ0n) is 16.9. The molecule has 0 bridgehead atoms. The second-order valence-electron chi connectivity index (χ2n) is 7.94. The Hall–Kier alpha value is -1.73. The molecular weight excluding hydrogens is 336 g/mol. The van der Waals surface area contributed by atoms with Crippen molar-refractivity contribution in [3.05, 3.63) is 12.2 Å². The van der Waals surface area contributed by atoms with E-state index in [1.54, 1.807) is 34.3 Å². The van der Waals surface area contributed by atoms with Gasteiger partial charge in [-0.05, 0) is 18.9 Å². The van der Waals surface area contributed by atoms with E-state index in [0.29, 0.717) is 12.8 Å². The van der Waals surface area contributed by atoms with Crippen molar-refractivity contribution in [2.24, 2.45) is 5.41 Å². The minimum Gasteiger partial charge on any atom is -0.346 e. The smallest absolute Gasteiger partial charge is 0.254 e. The molecule has 1 saturated heterocycles. The van der Waals surface area contributed by atoms with Crippen LogP contribution in [0, 0.1) is 5.41 Å². The number of likely N-dealkylation sites (N-methyl/N-ethyl adjacent to an activating group) is 2. The first kappa shape index (κ1) is 22.3. The number of hydrogen-bond acceptors (Lipinski definition) is 5. The van der Waals surface area contributed by atoms with E-state index in [0.717, 1.165) is 6.42 Å². The Morgan fingerprint density at radius 3 is 1.77 bits per heavy atom. The number of Topliss-reactive ketones (excluding diaryl/α,β-unsaturated/α-hetero) is 1. The molecule has 1 fully saturated rings. The van der Waals surface area contributed by atoms with Gasteiger partial charge in [-0.1, -0.05) is 26.8 Å². The fourth-order valence-electron chi connectivity index (χ4n) is 2.40. The zero-order chi connectivity index (χ0) is 20.1. The predicted molar refractivity (Wildman–Crippen MR) is 98.4 cm³/mol. The number of carbonyl (C=O) groups is 3. The Morgan fingerprint density at radius 1 is 0.923 bits per heavy atom. The number of nitrogens with zero attached hydrogens (tertiary/aromatic N) is 2. The van der Waals surface area contributed by atoms with Crippen molar-refractivity contribution in [2.45, 2.75) is 58.5 Å². The summed E-state index contributed by atoms with van der Waals surface area (Å²) in [5, 5.41) is 0. The van der Waals surface area contributed by atoms with Crippen LogP contribution in [0.1, 0.15) is 40.0 Å². The molecule has 0 N–H and O–H groups in total. The van der Waals surface area contributed by atoms with Gasteiger partial charge in [0.05, 0.1) is 0 Å². The molecule has 0 aliphatic carbocycles. The van der Waals surface area contributed by atoms with Gasteiger partial charge in [-0.2, -0.15) is 0 Å². The van der Waals surface area contributed by atoms with E-state index in [1.165, 1.54) is 9.80 Å². The highest BCUT2D eigenvalue weighted by Gasteiger charge is 2.45. The lowest BCUT2D eigenvalue weighted by Gasteiger charge is -2.21. The van der Waals surface area contributed by atoms with Crippen LogP contribution in [0.5, 0.6) is 0 Å². The number of amides is 2. The maximum Gasteiger partial charge on any atom is 0.254 e. The molecule has 26 heavy (non-hydrogen) atoms. The molecule has 7 heteroatoms. The summed E-state index contributed by atoms with van der Waals surface area (Å²) in [4.78, 5) is 39.2. The van der Waals surface area contributed by atoms with E-state index in [2.05, 4.69) is 0 Å². The predicted octanol–water partition coefficient (Wildman–Crippen LogP) is 1.61. The molecule has 0 spiro atoms. The van der Waals surface area contributed by atoms with Crippen LogP contribution in [0.15, 0.2) is 12.2 Å².